The van der Waals surface area contributed by atoms with Crippen LogP contribution in [0.15, 0.2) is 4.90 Å². The molecule has 98 valence electrons. The molecule has 17 heavy (non-hydrogen) atoms. The molecule has 0 saturated carbocycles. The second-order valence-electron chi connectivity index (χ2n) is 4.20. The van der Waals surface area contributed by atoms with Crippen LogP contribution < -0.4 is 10.6 Å². The van der Waals surface area contributed by atoms with Crippen molar-refractivity contribution < 1.29 is 8.42 Å². The summed E-state index contributed by atoms with van der Waals surface area (Å²) < 4.78 is 27.2. The van der Waals surface area contributed by atoms with Crippen LogP contribution in [0.3, 0.4) is 0 Å². The fourth-order valence-electron chi connectivity index (χ4n) is 1.33. The predicted octanol–water partition coefficient (Wildman–Crippen LogP) is 0.127. The summed E-state index contributed by atoms with van der Waals surface area (Å²) in [5.74, 6) is 0.0872. The molecule has 0 aliphatic heterocycles. The predicted molar refractivity (Wildman–Crippen MR) is 71.5 cm³/mol. The Labute approximate surface area is 106 Å². The normalized spacial score (nSPS) is 12.1. The van der Waals surface area contributed by atoms with E-state index < -0.39 is 9.84 Å². The lowest BCUT2D eigenvalue weighted by Crippen LogP contribution is -2.28. The molecule has 6 nitrogen and oxygen atoms in total. The maximum absolute atomic E-state index is 11.6. The molecule has 0 fully saturated rings. The Morgan fingerprint density at radius 1 is 1.29 bits per heavy atom. The van der Waals surface area contributed by atoms with Gasteiger partial charge in [0.2, 0.25) is 0 Å². The van der Waals surface area contributed by atoms with E-state index in [1.54, 1.807) is 0 Å². The molecule has 0 bridgehead atoms. The summed E-state index contributed by atoms with van der Waals surface area (Å²) in [6.07, 6.45) is 1.15. The summed E-state index contributed by atoms with van der Waals surface area (Å²) in [5, 5.41) is 0.604. The Balaban J connectivity index is 2.99. The van der Waals surface area contributed by atoms with Gasteiger partial charge in [-0.05, 0) is 25.6 Å². The van der Waals surface area contributed by atoms with Crippen LogP contribution in [0, 0.1) is 0 Å². The van der Waals surface area contributed by atoms with Crippen molar-refractivity contribution in [2.24, 2.45) is 0 Å². The lowest BCUT2D eigenvalue weighted by atomic mass is 10.5. The molecule has 1 heterocycles. The molecule has 8 heteroatoms. The Bertz CT molecular complexity index is 481. The first-order valence-electron chi connectivity index (χ1n) is 5.04. The largest absolute Gasteiger partial charge is 0.382 e. The summed E-state index contributed by atoms with van der Waals surface area (Å²) >= 11 is 1.12. The monoisotopic (exact) mass is 278 g/mol. The molecule has 1 rings (SSSR count). The van der Waals surface area contributed by atoms with E-state index in [1.807, 2.05) is 30.9 Å². The molecular weight excluding hydrogens is 260 g/mol. The highest BCUT2D eigenvalue weighted by Gasteiger charge is 2.23. The number of nitrogen functional groups attached to an aromatic ring is 1. The molecule has 0 radical (unpaired) electrons. The topological polar surface area (TPSA) is 79.5 Å². The second kappa shape index (κ2) is 5.19. The number of hydrogen-bond donors (Lipinski definition) is 1. The van der Waals surface area contributed by atoms with E-state index in [1.165, 1.54) is 0 Å². The van der Waals surface area contributed by atoms with Crippen LogP contribution in [0.5, 0.6) is 0 Å². The number of likely N-dealkylation sites (N-methyl/N-ethyl adjacent to an activating group) is 2. The summed E-state index contributed by atoms with van der Waals surface area (Å²) in [6.45, 7) is 1.55. The molecule has 1 aromatic heterocycles. The average molecular weight is 278 g/mol. The molecule has 0 amide bonds. The van der Waals surface area contributed by atoms with Gasteiger partial charge < -0.3 is 15.5 Å². The van der Waals surface area contributed by atoms with Crippen molar-refractivity contribution in [2.45, 2.75) is 4.90 Å². The van der Waals surface area contributed by atoms with Gasteiger partial charge in [-0.1, -0.05) is 0 Å². The molecule has 0 aromatic carbocycles. The Kier molecular flexibility index (Phi) is 4.34. The fourth-order valence-corrected chi connectivity index (χ4v) is 3.54. The minimum absolute atomic E-state index is 0.0872. The van der Waals surface area contributed by atoms with Crippen LogP contribution in [-0.2, 0) is 9.84 Å². The van der Waals surface area contributed by atoms with Crippen molar-refractivity contribution in [3.8, 4) is 0 Å². The quantitative estimate of drug-likeness (QED) is 0.824. The van der Waals surface area contributed by atoms with Gasteiger partial charge >= 0.3 is 0 Å². The summed E-state index contributed by atoms with van der Waals surface area (Å²) in [7, 11) is 2.43. The third-order valence-electron chi connectivity index (χ3n) is 2.26. The summed E-state index contributed by atoms with van der Waals surface area (Å²) in [6, 6.07) is 0. The highest BCUT2D eigenvalue weighted by atomic mass is 32.2. The lowest BCUT2D eigenvalue weighted by Gasteiger charge is -2.20. The second-order valence-corrected chi connectivity index (χ2v) is 6.90. The van der Waals surface area contributed by atoms with Gasteiger partial charge in [-0.2, -0.15) is 4.37 Å². The Morgan fingerprint density at radius 3 is 2.35 bits per heavy atom. The minimum atomic E-state index is -3.34. The molecule has 1 aromatic rings. The van der Waals surface area contributed by atoms with E-state index in [2.05, 4.69) is 4.37 Å². The van der Waals surface area contributed by atoms with E-state index in [9.17, 15) is 8.42 Å². The van der Waals surface area contributed by atoms with Crippen LogP contribution >= 0.6 is 11.5 Å². The standard InChI is InChI=1S/C9H18N4O2S2/c1-12(2)5-6-13(3)9-7(17(4,14)15)8(10)11-16-9/h5-6H2,1-4H3,(H2,10,11). The van der Waals surface area contributed by atoms with E-state index in [0.29, 0.717) is 5.00 Å². The van der Waals surface area contributed by atoms with Crippen molar-refractivity contribution in [3.05, 3.63) is 0 Å². The summed E-state index contributed by atoms with van der Waals surface area (Å²) in [4.78, 5) is 4.04. The lowest BCUT2D eigenvalue weighted by molar-refractivity contribution is 0.416. The number of sulfone groups is 1. The zero-order valence-corrected chi connectivity index (χ0v) is 12.1. The maximum atomic E-state index is 11.6. The van der Waals surface area contributed by atoms with Crippen LogP contribution in [0.2, 0.25) is 0 Å². The number of rotatable bonds is 5. The van der Waals surface area contributed by atoms with Crippen molar-refractivity contribution in [1.82, 2.24) is 9.27 Å². The molecule has 2 N–H and O–H groups in total. The van der Waals surface area contributed by atoms with E-state index in [4.69, 9.17) is 5.73 Å². The number of hydrogen-bond acceptors (Lipinski definition) is 7. The summed E-state index contributed by atoms with van der Waals surface area (Å²) in [5.41, 5.74) is 5.60. The maximum Gasteiger partial charge on any atom is 0.182 e. The first-order chi connectivity index (χ1) is 7.73. The van der Waals surface area contributed by atoms with Gasteiger partial charge in [0.05, 0.1) is 0 Å². The zero-order valence-electron chi connectivity index (χ0n) is 10.5. The number of aromatic nitrogens is 1. The highest BCUT2D eigenvalue weighted by molar-refractivity contribution is 7.91. The van der Waals surface area contributed by atoms with Crippen molar-refractivity contribution in [2.75, 3.05) is 51.1 Å². The Hall–Kier alpha value is -0.860. The van der Waals surface area contributed by atoms with Crippen LogP contribution in [0.25, 0.3) is 0 Å². The zero-order chi connectivity index (χ0) is 13.2. The Morgan fingerprint density at radius 2 is 1.88 bits per heavy atom. The van der Waals surface area contributed by atoms with Crippen molar-refractivity contribution in [1.29, 1.82) is 0 Å². The first kappa shape index (κ1) is 14.2. The number of nitrogens with two attached hydrogens (primary N) is 1. The smallest absolute Gasteiger partial charge is 0.182 e. The van der Waals surface area contributed by atoms with Crippen molar-refractivity contribution >= 4 is 32.2 Å². The molecule has 0 unspecified atom stereocenters. The molecular formula is C9H18N4O2S2. The van der Waals surface area contributed by atoms with Gasteiger partial charge in [0, 0.05) is 26.4 Å². The average Bonchev–Trinajstić information content (AvgIpc) is 2.55. The number of nitrogens with zero attached hydrogens (tertiary/aromatic N) is 3. The van der Waals surface area contributed by atoms with Gasteiger partial charge in [-0.3, -0.25) is 0 Å². The number of anilines is 2. The van der Waals surface area contributed by atoms with Gasteiger partial charge in [0.25, 0.3) is 0 Å². The van der Waals surface area contributed by atoms with E-state index in [0.717, 1.165) is 30.9 Å². The molecule has 0 spiro atoms. The van der Waals surface area contributed by atoms with Gasteiger partial charge in [-0.25, -0.2) is 8.42 Å². The van der Waals surface area contributed by atoms with Crippen LogP contribution in [0.4, 0.5) is 10.8 Å². The van der Waals surface area contributed by atoms with Gasteiger partial charge in [0.15, 0.2) is 15.7 Å². The molecule has 0 aliphatic rings. The van der Waals surface area contributed by atoms with E-state index >= 15 is 0 Å². The van der Waals surface area contributed by atoms with Gasteiger partial charge in [-0.15, -0.1) is 0 Å². The van der Waals surface area contributed by atoms with Crippen LogP contribution in [0.1, 0.15) is 0 Å². The highest BCUT2D eigenvalue weighted by Crippen LogP contribution is 2.33. The molecule has 0 saturated heterocycles. The third-order valence-corrected chi connectivity index (χ3v) is 4.51. The fraction of sp³-hybridized carbons (Fsp3) is 0.667. The first-order valence-corrected chi connectivity index (χ1v) is 7.71. The van der Waals surface area contributed by atoms with Crippen molar-refractivity contribution in [3.63, 3.8) is 0 Å². The van der Waals surface area contributed by atoms with Crippen LogP contribution in [-0.4, -0.2) is 58.2 Å². The SMILES string of the molecule is CN(C)CCN(C)c1snc(N)c1S(C)(=O)=O. The molecule has 0 atom stereocenters. The molecule has 0 aliphatic carbocycles. The minimum Gasteiger partial charge on any atom is -0.382 e. The van der Waals surface area contributed by atoms with E-state index in [-0.39, 0.29) is 10.7 Å². The third kappa shape index (κ3) is 3.55. The van der Waals surface area contributed by atoms with Gasteiger partial charge in [0.1, 0.15) is 9.90 Å².